The standard InChI is InChI=1S/C15H11BrN4/c16-12-6-11(8-18-9-12)15-19-13(7-14(17)20-15)10-4-2-1-3-5-10/h1-9H,(H2,17,19,20). The van der Waals surface area contributed by atoms with Crippen LogP contribution in [0.2, 0.25) is 0 Å². The van der Waals surface area contributed by atoms with Crippen molar-refractivity contribution in [1.82, 2.24) is 15.0 Å². The SMILES string of the molecule is Nc1cc(-c2ccccc2)nc(-c2cncc(Br)c2)n1. The van der Waals surface area contributed by atoms with Crippen LogP contribution >= 0.6 is 15.9 Å². The maximum Gasteiger partial charge on any atom is 0.163 e. The van der Waals surface area contributed by atoms with E-state index in [2.05, 4.69) is 30.9 Å². The van der Waals surface area contributed by atoms with Gasteiger partial charge >= 0.3 is 0 Å². The molecule has 3 rings (SSSR count). The van der Waals surface area contributed by atoms with Crippen molar-refractivity contribution in [2.45, 2.75) is 0 Å². The van der Waals surface area contributed by atoms with Crippen molar-refractivity contribution in [3.8, 4) is 22.6 Å². The number of nitrogens with two attached hydrogens (primary N) is 1. The van der Waals surface area contributed by atoms with E-state index in [9.17, 15) is 0 Å². The summed E-state index contributed by atoms with van der Waals surface area (Å²) in [4.78, 5) is 13.0. The molecule has 2 heterocycles. The van der Waals surface area contributed by atoms with Crippen LogP contribution in [-0.4, -0.2) is 15.0 Å². The second kappa shape index (κ2) is 5.38. The van der Waals surface area contributed by atoms with Crippen LogP contribution in [0.5, 0.6) is 0 Å². The zero-order valence-electron chi connectivity index (χ0n) is 10.5. The van der Waals surface area contributed by atoms with Gasteiger partial charge in [-0.1, -0.05) is 30.3 Å². The fourth-order valence-electron chi connectivity index (χ4n) is 1.89. The molecule has 0 fully saturated rings. The highest BCUT2D eigenvalue weighted by Gasteiger charge is 2.07. The first-order valence-corrected chi connectivity index (χ1v) is 6.82. The van der Waals surface area contributed by atoms with Crippen LogP contribution in [0, 0.1) is 0 Å². The fourth-order valence-corrected chi connectivity index (χ4v) is 2.25. The molecular weight excluding hydrogens is 316 g/mol. The lowest BCUT2D eigenvalue weighted by Gasteiger charge is -2.06. The Morgan fingerprint density at radius 3 is 2.45 bits per heavy atom. The first-order valence-electron chi connectivity index (χ1n) is 6.03. The van der Waals surface area contributed by atoms with E-state index in [1.165, 1.54) is 0 Å². The monoisotopic (exact) mass is 326 g/mol. The minimum absolute atomic E-state index is 0.439. The molecule has 0 aliphatic rings. The van der Waals surface area contributed by atoms with Gasteiger partial charge in [0.2, 0.25) is 0 Å². The van der Waals surface area contributed by atoms with E-state index in [1.807, 2.05) is 36.4 Å². The van der Waals surface area contributed by atoms with Crippen LogP contribution in [0.1, 0.15) is 0 Å². The quantitative estimate of drug-likeness (QED) is 0.782. The summed E-state index contributed by atoms with van der Waals surface area (Å²) in [5, 5.41) is 0. The number of rotatable bonds is 2. The third-order valence-electron chi connectivity index (χ3n) is 2.78. The predicted molar refractivity (Wildman–Crippen MR) is 82.8 cm³/mol. The first-order chi connectivity index (χ1) is 9.72. The van der Waals surface area contributed by atoms with Gasteiger partial charge in [0.25, 0.3) is 0 Å². The van der Waals surface area contributed by atoms with Gasteiger partial charge < -0.3 is 5.73 Å². The molecule has 0 amide bonds. The lowest BCUT2D eigenvalue weighted by molar-refractivity contribution is 1.17. The molecule has 20 heavy (non-hydrogen) atoms. The van der Waals surface area contributed by atoms with Gasteiger partial charge in [-0.25, -0.2) is 9.97 Å². The van der Waals surface area contributed by atoms with Crippen molar-refractivity contribution in [2.24, 2.45) is 0 Å². The number of pyridine rings is 1. The number of anilines is 1. The van der Waals surface area contributed by atoms with Gasteiger partial charge in [0.05, 0.1) is 5.69 Å². The number of nitrogen functional groups attached to an aromatic ring is 1. The number of halogens is 1. The predicted octanol–water partition coefficient (Wildman–Crippen LogP) is 3.55. The summed E-state index contributed by atoms with van der Waals surface area (Å²) in [5.41, 5.74) is 8.52. The van der Waals surface area contributed by atoms with E-state index in [0.717, 1.165) is 21.3 Å². The smallest absolute Gasteiger partial charge is 0.163 e. The zero-order chi connectivity index (χ0) is 13.9. The molecule has 0 radical (unpaired) electrons. The Kier molecular flexibility index (Phi) is 3.43. The van der Waals surface area contributed by atoms with Crippen LogP contribution in [0.4, 0.5) is 5.82 Å². The van der Waals surface area contributed by atoms with Gasteiger partial charge in [-0.15, -0.1) is 0 Å². The Bertz CT molecular complexity index is 744. The normalized spacial score (nSPS) is 10.4. The van der Waals surface area contributed by atoms with Crippen LogP contribution in [0.25, 0.3) is 22.6 Å². The second-order valence-electron chi connectivity index (χ2n) is 4.26. The van der Waals surface area contributed by atoms with Gasteiger partial charge in [-0.05, 0) is 22.0 Å². The molecule has 5 heteroatoms. The average Bonchev–Trinajstić information content (AvgIpc) is 2.47. The topological polar surface area (TPSA) is 64.7 Å². The largest absolute Gasteiger partial charge is 0.384 e. The Morgan fingerprint density at radius 2 is 1.70 bits per heavy atom. The molecule has 98 valence electrons. The highest BCUT2D eigenvalue weighted by Crippen LogP contribution is 2.24. The third kappa shape index (κ3) is 2.67. The number of nitrogens with zero attached hydrogens (tertiary/aromatic N) is 3. The van der Waals surface area contributed by atoms with Gasteiger partial charge in [-0.2, -0.15) is 0 Å². The summed E-state index contributed by atoms with van der Waals surface area (Å²) in [5.74, 6) is 1.01. The van der Waals surface area contributed by atoms with E-state index in [4.69, 9.17) is 5.73 Å². The molecule has 0 saturated carbocycles. The van der Waals surface area contributed by atoms with Crippen molar-refractivity contribution >= 4 is 21.7 Å². The Balaban J connectivity index is 2.12. The molecule has 0 atom stereocenters. The highest BCUT2D eigenvalue weighted by atomic mass is 79.9. The fraction of sp³-hybridized carbons (Fsp3) is 0. The van der Waals surface area contributed by atoms with Gasteiger partial charge in [0.15, 0.2) is 5.82 Å². The summed E-state index contributed by atoms with van der Waals surface area (Å²) in [6.45, 7) is 0. The lowest BCUT2D eigenvalue weighted by atomic mass is 10.1. The van der Waals surface area contributed by atoms with Gasteiger partial charge in [-0.3, -0.25) is 4.98 Å². The van der Waals surface area contributed by atoms with Gasteiger partial charge in [0.1, 0.15) is 5.82 Å². The van der Waals surface area contributed by atoms with Crippen LogP contribution < -0.4 is 5.73 Å². The number of hydrogen-bond donors (Lipinski definition) is 1. The molecule has 2 aromatic heterocycles. The Hall–Kier alpha value is -2.27. The summed E-state index contributed by atoms with van der Waals surface area (Å²) < 4.78 is 0.877. The molecule has 3 aromatic rings. The minimum Gasteiger partial charge on any atom is -0.384 e. The van der Waals surface area contributed by atoms with E-state index in [0.29, 0.717) is 11.6 Å². The molecule has 0 unspecified atom stereocenters. The molecule has 0 saturated heterocycles. The van der Waals surface area contributed by atoms with E-state index < -0.39 is 0 Å². The zero-order valence-corrected chi connectivity index (χ0v) is 12.1. The highest BCUT2D eigenvalue weighted by molar-refractivity contribution is 9.10. The average molecular weight is 327 g/mol. The minimum atomic E-state index is 0.439. The summed E-state index contributed by atoms with van der Waals surface area (Å²) in [6.07, 6.45) is 3.43. The number of aromatic nitrogens is 3. The van der Waals surface area contributed by atoms with Crippen LogP contribution in [0.15, 0.2) is 59.3 Å². The Morgan fingerprint density at radius 1 is 0.900 bits per heavy atom. The summed E-state index contributed by atoms with van der Waals surface area (Å²) >= 11 is 3.39. The number of hydrogen-bond acceptors (Lipinski definition) is 4. The molecule has 0 spiro atoms. The van der Waals surface area contributed by atoms with Crippen molar-refractivity contribution in [2.75, 3.05) is 5.73 Å². The maximum atomic E-state index is 5.89. The van der Waals surface area contributed by atoms with Crippen molar-refractivity contribution < 1.29 is 0 Å². The Labute approximate surface area is 124 Å². The molecular formula is C15H11BrN4. The third-order valence-corrected chi connectivity index (χ3v) is 3.21. The first kappa shape index (κ1) is 12.7. The summed E-state index contributed by atoms with van der Waals surface area (Å²) in [7, 11) is 0. The second-order valence-corrected chi connectivity index (χ2v) is 5.18. The molecule has 0 aliphatic heterocycles. The molecule has 1 aromatic carbocycles. The van der Waals surface area contributed by atoms with E-state index in [1.54, 1.807) is 18.5 Å². The van der Waals surface area contributed by atoms with Crippen molar-refractivity contribution in [3.05, 3.63) is 59.3 Å². The van der Waals surface area contributed by atoms with E-state index >= 15 is 0 Å². The molecule has 2 N–H and O–H groups in total. The summed E-state index contributed by atoms with van der Waals surface area (Å²) in [6, 6.07) is 13.6. The van der Waals surface area contributed by atoms with Crippen LogP contribution in [-0.2, 0) is 0 Å². The van der Waals surface area contributed by atoms with Crippen LogP contribution in [0.3, 0.4) is 0 Å². The molecule has 0 bridgehead atoms. The van der Waals surface area contributed by atoms with Crippen molar-refractivity contribution in [3.63, 3.8) is 0 Å². The van der Waals surface area contributed by atoms with E-state index in [-0.39, 0.29) is 0 Å². The van der Waals surface area contributed by atoms with Gasteiger partial charge in [0, 0.05) is 34.1 Å². The van der Waals surface area contributed by atoms with Crippen molar-refractivity contribution in [1.29, 1.82) is 0 Å². The lowest BCUT2D eigenvalue weighted by Crippen LogP contribution is -1.98. The maximum absolute atomic E-state index is 5.89. The molecule has 4 nitrogen and oxygen atoms in total. The molecule has 0 aliphatic carbocycles. The number of benzene rings is 1.